The molecule has 0 aliphatic carbocycles. The third-order valence-corrected chi connectivity index (χ3v) is 9.47. The normalized spacial score (nSPS) is 15.1. The molecule has 0 bridgehead atoms. The van der Waals surface area contributed by atoms with Crippen LogP contribution in [0.4, 0.5) is 5.13 Å². The van der Waals surface area contributed by atoms with E-state index in [4.69, 9.17) is 4.74 Å². The highest BCUT2D eigenvalue weighted by Gasteiger charge is 2.27. The topological polar surface area (TPSA) is 92.2 Å². The number of carbonyl (C=O) groups is 1. The lowest BCUT2D eigenvalue weighted by molar-refractivity contribution is 0.0730. The Hall–Kier alpha value is -2.48. The second kappa shape index (κ2) is 10.2. The van der Waals surface area contributed by atoms with E-state index in [2.05, 4.69) is 26.0 Å². The Kier molecular flexibility index (Phi) is 7.09. The minimum Gasteiger partial charge on any atom is -0.379 e. The van der Waals surface area contributed by atoms with E-state index >= 15 is 0 Å². The van der Waals surface area contributed by atoms with Gasteiger partial charge in [-0.25, -0.2) is 13.4 Å². The van der Waals surface area contributed by atoms with Gasteiger partial charge in [-0.2, -0.15) is 14.4 Å². The number of morpholine rings is 1. The predicted octanol–water partition coefficient (Wildman–Crippen LogP) is 4.82. The zero-order valence-electron chi connectivity index (χ0n) is 18.2. The van der Waals surface area contributed by atoms with Crippen LogP contribution in [0.25, 0.3) is 10.2 Å². The van der Waals surface area contributed by atoms with E-state index in [-0.39, 0.29) is 4.90 Å². The molecule has 0 atom stereocenters. The summed E-state index contributed by atoms with van der Waals surface area (Å²) in [5.74, 6) is -0.411. The first-order valence-electron chi connectivity index (χ1n) is 10.6. The number of hydrazone groups is 1. The number of hydrogen-bond donors (Lipinski definition) is 0. The SMILES string of the molecule is O=C(c1ccc(S(=O)(=O)N2CCOCC2)cc1)N(/N=C/c1cccs1)c1nc2ccc(Br)cc2s1. The van der Waals surface area contributed by atoms with Crippen molar-refractivity contribution in [3.63, 3.8) is 0 Å². The lowest BCUT2D eigenvalue weighted by Crippen LogP contribution is -2.40. The van der Waals surface area contributed by atoms with Crippen molar-refractivity contribution in [3.8, 4) is 0 Å². The molecule has 180 valence electrons. The maximum Gasteiger partial charge on any atom is 0.280 e. The Morgan fingerprint density at radius 1 is 1.14 bits per heavy atom. The summed E-state index contributed by atoms with van der Waals surface area (Å²) in [7, 11) is -3.65. The number of benzene rings is 2. The van der Waals surface area contributed by atoms with Gasteiger partial charge < -0.3 is 4.74 Å². The van der Waals surface area contributed by atoms with Crippen molar-refractivity contribution < 1.29 is 17.9 Å². The number of fused-ring (bicyclic) bond motifs is 1. The van der Waals surface area contributed by atoms with Crippen LogP contribution in [-0.4, -0.2) is 56.1 Å². The Bertz CT molecular complexity index is 1480. The van der Waals surface area contributed by atoms with Crippen LogP contribution in [0.15, 0.2) is 74.4 Å². The number of rotatable bonds is 6. The third-order valence-electron chi connectivity index (χ3n) is 5.27. The van der Waals surface area contributed by atoms with Gasteiger partial charge in [0.1, 0.15) is 0 Å². The molecule has 0 N–H and O–H groups in total. The second-order valence-corrected chi connectivity index (χ2v) is 12.4. The zero-order chi connectivity index (χ0) is 24.4. The molecule has 1 aliphatic rings. The number of amides is 1. The summed E-state index contributed by atoms with van der Waals surface area (Å²) in [6, 6.07) is 15.4. The van der Waals surface area contributed by atoms with Crippen LogP contribution in [-0.2, 0) is 14.8 Å². The molecule has 1 aliphatic heterocycles. The van der Waals surface area contributed by atoms with Gasteiger partial charge in [0, 0.05) is 28.0 Å². The number of anilines is 1. The van der Waals surface area contributed by atoms with E-state index in [1.54, 1.807) is 6.21 Å². The molecule has 2 aromatic heterocycles. The van der Waals surface area contributed by atoms with Gasteiger partial charge in [-0.3, -0.25) is 4.79 Å². The Morgan fingerprint density at radius 3 is 2.63 bits per heavy atom. The summed E-state index contributed by atoms with van der Waals surface area (Å²) >= 11 is 6.31. The van der Waals surface area contributed by atoms with Gasteiger partial charge in [0.2, 0.25) is 15.2 Å². The first kappa shape index (κ1) is 24.2. The van der Waals surface area contributed by atoms with Crippen molar-refractivity contribution in [2.75, 3.05) is 31.3 Å². The summed E-state index contributed by atoms with van der Waals surface area (Å²) < 4.78 is 34.3. The molecule has 0 spiro atoms. The number of carbonyl (C=O) groups excluding carboxylic acids is 1. The van der Waals surface area contributed by atoms with Crippen molar-refractivity contribution >= 4 is 76.1 Å². The molecule has 1 fully saturated rings. The fraction of sp³-hybridized carbons (Fsp3) is 0.174. The average Bonchev–Trinajstić information content (AvgIpc) is 3.54. The van der Waals surface area contributed by atoms with E-state index in [0.717, 1.165) is 19.6 Å². The Morgan fingerprint density at radius 2 is 1.91 bits per heavy atom. The number of thiophene rings is 1. The highest BCUT2D eigenvalue weighted by molar-refractivity contribution is 9.10. The van der Waals surface area contributed by atoms with Crippen LogP contribution in [0.1, 0.15) is 15.2 Å². The van der Waals surface area contributed by atoms with Crippen LogP contribution in [0.5, 0.6) is 0 Å². The summed E-state index contributed by atoms with van der Waals surface area (Å²) in [4.78, 5) is 19.1. The lowest BCUT2D eigenvalue weighted by Gasteiger charge is -2.26. The Balaban J connectivity index is 1.47. The fourth-order valence-corrected chi connectivity index (χ4v) is 6.93. The molecular formula is C23H19BrN4O4S3. The van der Waals surface area contributed by atoms with Crippen molar-refractivity contribution in [2.24, 2.45) is 5.10 Å². The van der Waals surface area contributed by atoms with E-state index in [1.807, 2.05) is 35.7 Å². The molecule has 5 rings (SSSR count). The predicted molar refractivity (Wildman–Crippen MR) is 142 cm³/mol. The minimum atomic E-state index is -3.65. The van der Waals surface area contributed by atoms with Gasteiger partial charge in [0.25, 0.3) is 5.91 Å². The standard InChI is InChI=1S/C23H19BrN4O4S3/c24-17-5-8-20-21(14-17)34-23(26-20)28(25-15-18-2-1-13-33-18)22(29)16-3-6-19(7-4-16)35(30,31)27-9-11-32-12-10-27/h1-8,13-15H,9-12H2/b25-15+. The van der Waals surface area contributed by atoms with E-state index in [0.29, 0.717) is 37.0 Å². The van der Waals surface area contributed by atoms with Crippen LogP contribution in [0.3, 0.4) is 0 Å². The molecular weight excluding hydrogens is 572 g/mol. The quantitative estimate of drug-likeness (QED) is 0.237. The number of aromatic nitrogens is 1. The first-order valence-corrected chi connectivity index (χ1v) is 14.5. The molecule has 2 aromatic carbocycles. The number of nitrogens with zero attached hydrogens (tertiary/aromatic N) is 4. The molecule has 4 aromatic rings. The van der Waals surface area contributed by atoms with Crippen LogP contribution < -0.4 is 5.01 Å². The monoisotopic (exact) mass is 590 g/mol. The van der Waals surface area contributed by atoms with Gasteiger partial charge in [-0.15, -0.1) is 11.3 Å². The molecule has 1 amide bonds. The fourth-order valence-electron chi connectivity index (χ4n) is 3.47. The molecule has 1 saturated heterocycles. The largest absolute Gasteiger partial charge is 0.379 e. The van der Waals surface area contributed by atoms with Crippen LogP contribution in [0.2, 0.25) is 0 Å². The number of hydrogen-bond acceptors (Lipinski definition) is 8. The molecule has 8 nitrogen and oxygen atoms in total. The molecule has 12 heteroatoms. The van der Waals surface area contributed by atoms with Crippen molar-refractivity contribution in [2.45, 2.75) is 4.90 Å². The van der Waals surface area contributed by atoms with Crippen LogP contribution >= 0.6 is 38.6 Å². The van der Waals surface area contributed by atoms with E-state index < -0.39 is 15.9 Å². The molecule has 0 unspecified atom stereocenters. The third kappa shape index (κ3) is 5.22. The molecule has 35 heavy (non-hydrogen) atoms. The summed E-state index contributed by atoms with van der Waals surface area (Å²) in [5.41, 5.74) is 1.05. The van der Waals surface area contributed by atoms with Crippen LogP contribution in [0, 0.1) is 0 Å². The van der Waals surface area contributed by atoms with Crippen molar-refractivity contribution in [1.82, 2.24) is 9.29 Å². The first-order chi connectivity index (χ1) is 16.9. The maximum absolute atomic E-state index is 13.5. The summed E-state index contributed by atoms with van der Waals surface area (Å²) in [6.07, 6.45) is 1.61. The highest BCUT2D eigenvalue weighted by Crippen LogP contribution is 2.32. The number of halogens is 1. The highest BCUT2D eigenvalue weighted by atomic mass is 79.9. The maximum atomic E-state index is 13.5. The summed E-state index contributed by atoms with van der Waals surface area (Å²) in [5, 5.41) is 8.04. The number of sulfonamides is 1. The molecule has 0 radical (unpaired) electrons. The summed E-state index contributed by atoms with van der Waals surface area (Å²) in [6.45, 7) is 1.35. The van der Waals surface area contributed by atoms with Crippen molar-refractivity contribution in [1.29, 1.82) is 0 Å². The van der Waals surface area contributed by atoms with Crippen molar-refractivity contribution in [3.05, 3.63) is 74.9 Å². The molecule has 0 saturated carbocycles. The number of thiazole rings is 1. The number of ether oxygens (including phenoxy) is 1. The molecule has 3 heterocycles. The van der Waals surface area contributed by atoms with Gasteiger partial charge in [-0.1, -0.05) is 33.3 Å². The second-order valence-electron chi connectivity index (χ2n) is 7.53. The van der Waals surface area contributed by atoms with E-state index in [1.165, 1.54) is 56.3 Å². The van der Waals surface area contributed by atoms with Gasteiger partial charge in [0.15, 0.2) is 0 Å². The lowest BCUT2D eigenvalue weighted by atomic mass is 10.2. The smallest absolute Gasteiger partial charge is 0.280 e. The van der Waals surface area contributed by atoms with E-state index in [9.17, 15) is 13.2 Å². The Labute approximate surface area is 218 Å². The average molecular weight is 592 g/mol. The minimum absolute atomic E-state index is 0.134. The zero-order valence-corrected chi connectivity index (χ0v) is 22.2. The van der Waals surface area contributed by atoms with Gasteiger partial charge in [-0.05, 0) is 53.9 Å². The van der Waals surface area contributed by atoms with Gasteiger partial charge in [0.05, 0.1) is 34.5 Å². The van der Waals surface area contributed by atoms with Gasteiger partial charge >= 0.3 is 0 Å².